The second-order valence-corrected chi connectivity index (χ2v) is 6.35. The van der Waals surface area contributed by atoms with Crippen LogP contribution in [-0.4, -0.2) is 20.7 Å². The maximum atomic E-state index is 12.4. The first-order valence-corrected chi connectivity index (χ1v) is 8.60. The first kappa shape index (κ1) is 15.6. The molecule has 0 fully saturated rings. The van der Waals surface area contributed by atoms with Gasteiger partial charge < -0.3 is 5.32 Å². The highest BCUT2D eigenvalue weighted by Crippen LogP contribution is 2.30. The smallest absolute Gasteiger partial charge is 0.253 e. The van der Waals surface area contributed by atoms with E-state index in [9.17, 15) is 4.79 Å². The minimum atomic E-state index is -0.0817. The molecule has 1 aliphatic rings. The summed E-state index contributed by atoms with van der Waals surface area (Å²) in [4.78, 5) is 16.5. The van der Waals surface area contributed by atoms with Crippen LogP contribution in [0.3, 0.4) is 0 Å². The molecule has 1 amide bonds. The monoisotopic (exact) mass is 332 g/mol. The van der Waals surface area contributed by atoms with E-state index in [1.54, 1.807) is 24.5 Å². The number of carbonyl (C=O) groups is 1. The Bertz CT molecular complexity index is 858. The van der Waals surface area contributed by atoms with Crippen molar-refractivity contribution in [1.29, 1.82) is 0 Å². The summed E-state index contributed by atoms with van der Waals surface area (Å²) in [6.45, 7) is 0.763. The molecule has 3 aromatic rings. The average molecular weight is 332 g/mol. The van der Waals surface area contributed by atoms with Gasteiger partial charge in [-0.25, -0.2) is 0 Å². The van der Waals surface area contributed by atoms with E-state index in [1.165, 1.54) is 11.3 Å². The fourth-order valence-corrected chi connectivity index (χ4v) is 3.40. The topological polar surface area (TPSA) is 59.8 Å². The van der Waals surface area contributed by atoms with Crippen molar-refractivity contribution in [3.8, 4) is 0 Å². The fourth-order valence-electron chi connectivity index (χ4n) is 3.40. The van der Waals surface area contributed by atoms with Crippen molar-refractivity contribution in [3.05, 3.63) is 83.4 Å². The van der Waals surface area contributed by atoms with E-state index in [1.807, 2.05) is 24.4 Å². The maximum absolute atomic E-state index is 12.4. The number of hydrogen-bond donors (Lipinski definition) is 1. The van der Waals surface area contributed by atoms with Gasteiger partial charge in [0.25, 0.3) is 5.91 Å². The van der Waals surface area contributed by atoms with Crippen LogP contribution in [0.1, 0.15) is 46.1 Å². The van der Waals surface area contributed by atoms with Crippen LogP contribution >= 0.6 is 0 Å². The summed E-state index contributed by atoms with van der Waals surface area (Å²) in [6, 6.07) is 13.9. The van der Waals surface area contributed by atoms with Crippen molar-refractivity contribution >= 4 is 5.91 Å². The molecule has 0 radical (unpaired) electrons. The number of rotatable bonds is 4. The van der Waals surface area contributed by atoms with Gasteiger partial charge in [0.1, 0.15) is 0 Å². The third kappa shape index (κ3) is 3.31. The number of carbonyl (C=O) groups excluding carboxylic acids is 1. The lowest BCUT2D eigenvalue weighted by Gasteiger charge is -2.24. The zero-order valence-corrected chi connectivity index (χ0v) is 13.9. The molecule has 0 aliphatic heterocycles. The Morgan fingerprint density at radius 3 is 2.84 bits per heavy atom. The van der Waals surface area contributed by atoms with Gasteiger partial charge in [-0.15, -0.1) is 0 Å². The highest BCUT2D eigenvalue weighted by atomic mass is 16.1. The highest BCUT2D eigenvalue weighted by molar-refractivity contribution is 5.94. The number of nitrogens with one attached hydrogen (secondary N) is 1. The Kier molecular flexibility index (Phi) is 4.29. The number of pyridine rings is 1. The number of amides is 1. The van der Waals surface area contributed by atoms with Crippen molar-refractivity contribution in [3.63, 3.8) is 0 Å². The first-order valence-electron chi connectivity index (χ1n) is 8.60. The van der Waals surface area contributed by atoms with E-state index in [0.29, 0.717) is 5.56 Å². The number of fused-ring (bicyclic) bond motifs is 1. The zero-order valence-electron chi connectivity index (χ0n) is 13.9. The van der Waals surface area contributed by atoms with E-state index in [4.69, 9.17) is 0 Å². The summed E-state index contributed by atoms with van der Waals surface area (Å²) in [5.41, 5.74) is 4.19. The molecule has 1 N–H and O–H groups in total. The Labute approximate surface area is 146 Å². The number of hydrogen-bond acceptors (Lipinski definition) is 3. The van der Waals surface area contributed by atoms with Crippen LogP contribution in [0.2, 0.25) is 0 Å². The summed E-state index contributed by atoms with van der Waals surface area (Å²) in [5.74, 6) is -0.0817. The summed E-state index contributed by atoms with van der Waals surface area (Å²) < 4.78 is 2.06. The second kappa shape index (κ2) is 6.89. The zero-order chi connectivity index (χ0) is 17.1. The van der Waals surface area contributed by atoms with Crippen LogP contribution in [0.4, 0.5) is 0 Å². The Morgan fingerprint density at radius 2 is 2.04 bits per heavy atom. The van der Waals surface area contributed by atoms with Gasteiger partial charge in [-0.3, -0.25) is 14.5 Å². The maximum Gasteiger partial charge on any atom is 0.253 e. The van der Waals surface area contributed by atoms with E-state index < -0.39 is 0 Å². The molecule has 4 rings (SSSR count). The molecule has 1 aliphatic carbocycles. The van der Waals surface area contributed by atoms with Crippen LogP contribution in [-0.2, 0) is 13.0 Å². The van der Waals surface area contributed by atoms with Gasteiger partial charge in [0.15, 0.2) is 0 Å². The molecule has 0 spiro atoms. The Morgan fingerprint density at radius 1 is 1.16 bits per heavy atom. The summed E-state index contributed by atoms with van der Waals surface area (Å²) in [7, 11) is 0. The first-order chi connectivity index (χ1) is 12.3. The molecule has 5 heteroatoms. The Hall–Kier alpha value is -2.95. The number of nitrogens with zero attached hydrogens (tertiary/aromatic N) is 3. The summed E-state index contributed by atoms with van der Waals surface area (Å²) in [6.07, 6.45) is 8.16. The Balaban J connectivity index is 1.54. The average Bonchev–Trinajstić information content (AvgIpc) is 3.07. The molecule has 1 unspecified atom stereocenters. The molecule has 0 bridgehead atoms. The molecule has 1 atom stereocenters. The molecule has 126 valence electrons. The van der Waals surface area contributed by atoms with Crippen LogP contribution in [0.25, 0.3) is 0 Å². The number of benzene rings is 1. The van der Waals surface area contributed by atoms with Gasteiger partial charge in [-0.2, -0.15) is 5.10 Å². The summed E-state index contributed by atoms with van der Waals surface area (Å²) >= 11 is 0. The molecule has 2 heterocycles. The lowest BCUT2D eigenvalue weighted by atomic mass is 9.92. The molecule has 0 saturated heterocycles. The molecule has 25 heavy (non-hydrogen) atoms. The van der Waals surface area contributed by atoms with Crippen molar-refractivity contribution < 1.29 is 4.79 Å². The van der Waals surface area contributed by atoms with Crippen LogP contribution in [0.15, 0.2) is 61.1 Å². The molecule has 0 saturated carbocycles. The molecule has 5 nitrogen and oxygen atoms in total. The van der Waals surface area contributed by atoms with E-state index in [2.05, 4.69) is 32.2 Å². The van der Waals surface area contributed by atoms with Crippen molar-refractivity contribution in [2.45, 2.75) is 31.8 Å². The van der Waals surface area contributed by atoms with Gasteiger partial charge >= 0.3 is 0 Å². The molecular formula is C20H20N4O. The third-order valence-corrected chi connectivity index (χ3v) is 4.67. The minimum absolute atomic E-state index is 0.0148. The van der Waals surface area contributed by atoms with E-state index in [-0.39, 0.29) is 11.9 Å². The van der Waals surface area contributed by atoms with Crippen molar-refractivity contribution in [1.82, 2.24) is 20.1 Å². The van der Waals surface area contributed by atoms with Crippen LogP contribution in [0, 0.1) is 0 Å². The van der Waals surface area contributed by atoms with Crippen molar-refractivity contribution in [2.75, 3.05) is 0 Å². The normalized spacial score (nSPS) is 16.2. The van der Waals surface area contributed by atoms with Crippen LogP contribution in [0.5, 0.6) is 0 Å². The van der Waals surface area contributed by atoms with Gasteiger partial charge in [0.2, 0.25) is 0 Å². The van der Waals surface area contributed by atoms with E-state index >= 15 is 0 Å². The lowest BCUT2D eigenvalue weighted by molar-refractivity contribution is 0.0932. The molecular weight excluding hydrogens is 312 g/mol. The third-order valence-electron chi connectivity index (χ3n) is 4.67. The van der Waals surface area contributed by atoms with Crippen LogP contribution < -0.4 is 5.32 Å². The van der Waals surface area contributed by atoms with Crippen molar-refractivity contribution in [2.24, 2.45) is 0 Å². The second-order valence-electron chi connectivity index (χ2n) is 6.35. The highest BCUT2D eigenvalue weighted by Gasteiger charge is 2.25. The standard InChI is InChI=1S/C20H20N4O/c25-20(16-8-5-11-21-12-16)23-18-9-4-10-19-17(18)13-22-24(19)14-15-6-2-1-3-7-15/h1-3,5-8,11-13,18H,4,9-10,14H2,(H,23,25). The number of aromatic nitrogens is 3. The predicted molar refractivity (Wildman–Crippen MR) is 95.2 cm³/mol. The molecule has 1 aromatic carbocycles. The van der Waals surface area contributed by atoms with Gasteiger partial charge in [-0.1, -0.05) is 30.3 Å². The minimum Gasteiger partial charge on any atom is -0.345 e. The quantitative estimate of drug-likeness (QED) is 0.798. The van der Waals surface area contributed by atoms with E-state index in [0.717, 1.165) is 31.4 Å². The lowest BCUT2D eigenvalue weighted by Crippen LogP contribution is -2.31. The predicted octanol–water partition coefficient (Wildman–Crippen LogP) is 3.13. The fraction of sp³-hybridized carbons (Fsp3) is 0.250. The van der Waals surface area contributed by atoms with Gasteiger partial charge in [0, 0.05) is 23.7 Å². The SMILES string of the molecule is O=C(NC1CCCc2c1cnn2Cc1ccccc1)c1cccnc1. The van der Waals surface area contributed by atoms with Gasteiger partial charge in [-0.05, 0) is 37.0 Å². The largest absolute Gasteiger partial charge is 0.345 e. The van der Waals surface area contributed by atoms with Gasteiger partial charge in [0.05, 0.1) is 24.3 Å². The molecule has 2 aromatic heterocycles. The summed E-state index contributed by atoms with van der Waals surface area (Å²) in [5, 5.41) is 7.71.